The first-order valence-corrected chi connectivity index (χ1v) is 7.63. The lowest BCUT2D eigenvalue weighted by Gasteiger charge is -2.39. The van der Waals surface area contributed by atoms with Gasteiger partial charge in [-0.15, -0.1) is 0 Å². The highest BCUT2D eigenvalue weighted by atomic mass is 16.1. The van der Waals surface area contributed by atoms with E-state index in [0.717, 1.165) is 12.0 Å². The summed E-state index contributed by atoms with van der Waals surface area (Å²) in [6, 6.07) is 7.66. The maximum absolute atomic E-state index is 12.4. The van der Waals surface area contributed by atoms with Crippen LogP contribution >= 0.6 is 0 Å². The minimum Gasteiger partial charge on any atom is -0.349 e. The molecule has 1 amide bonds. The van der Waals surface area contributed by atoms with E-state index in [4.69, 9.17) is 5.73 Å². The van der Waals surface area contributed by atoms with Gasteiger partial charge in [0.05, 0.1) is 6.54 Å². The average molecular weight is 284 g/mol. The number of amides is 1. The van der Waals surface area contributed by atoms with Gasteiger partial charge in [-0.1, -0.05) is 44.6 Å². The van der Waals surface area contributed by atoms with Crippen LogP contribution in [-0.2, 0) is 0 Å². The highest BCUT2D eigenvalue weighted by Gasteiger charge is 2.33. The molecule has 0 saturated heterocycles. The summed E-state index contributed by atoms with van der Waals surface area (Å²) < 4.78 is 0. The molecule has 1 unspecified atom stereocenters. The molecule has 1 aromatic rings. The molecular weight excluding hydrogens is 260 g/mol. The van der Waals surface area contributed by atoms with Crippen molar-refractivity contribution >= 4 is 5.91 Å². The first-order chi connectivity index (χ1) is 10.0. The Hall–Kier alpha value is -1.79. The van der Waals surface area contributed by atoms with Crippen molar-refractivity contribution in [1.29, 1.82) is 0 Å². The molecule has 0 bridgehead atoms. The molecule has 2 rings (SSSR count). The fraction of sp³-hybridized carbons (Fsp3) is 0.500. The molecule has 0 heterocycles. The maximum Gasteiger partial charge on any atom is 0.251 e. The number of nitrogens with two attached hydrogens (primary N) is 1. The minimum atomic E-state index is -0.00799. The topological polar surface area (TPSA) is 55.1 Å². The van der Waals surface area contributed by atoms with E-state index >= 15 is 0 Å². The Bertz CT molecular complexity index is 566. The Balaban J connectivity index is 2.09. The predicted octanol–water partition coefficient (Wildman–Crippen LogP) is 2.70. The van der Waals surface area contributed by atoms with Crippen molar-refractivity contribution in [3.63, 3.8) is 0 Å². The first kappa shape index (κ1) is 15.6. The SMILES string of the molecule is CC1(C)CCCCC1NC(=O)c1cccc(C#CCN)c1. The van der Waals surface area contributed by atoms with Crippen molar-refractivity contribution in [2.45, 2.75) is 45.6 Å². The van der Waals surface area contributed by atoms with Crippen molar-refractivity contribution in [1.82, 2.24) is 5.32 Å². The lowest BCUT2D eigenvalue weighted by molar-refractivity contribution is 0.0853. The van der Waals surface area contributed by atoms with Gasteiger partial charge in [-0.25, -0.2) is 0 Å². The van der Waals surface area contributed by atoms with Gasteiger partial charge in [0.2, 0.25) is 0 Å². The van der Waals surface area contributed by atoms with E-state index in [0.29, 0.717) is 12.1 Å². The van der Waals surface area contributed by atoms with Gasteiger partial charge < -0.3 is 11.1 Å². The Morgan fingerprint density at radius 2 is 2.24 bits per heavy atom. The highest BCUT2D eigenvalue weighted by Crippen LogP contribution is 2.35. The third-order valence-electron chi connectivity index (χ3n) is 4.27. The third kappa shape index (κ3) is 4.09. The molecule has 1 aromatic carbocycles. The molecule has 0 radical (unpaired) electrons. The molecule has 0 aromatic heterocycles. The molecule has 0 aliphatic heterocycles. The Morgan fingerprint density at radius 1 is 1.43 bits per heavy atom. The van der Waals surface area contributed by atoms with Crippen LogP contribution in [-0.4, -0.2) is 18.5 Å². The number of benzene rings is 1. The fourth-order valence-electron chi connectivity index (χ4n) is 2.89. The van der Waals surface area contributed by atoms with E-state index in [9.17, 15) is 4.79 Å². The van der Waals surface area contributed by atoms with E-state index < -0.39 is 0 Å². The largest absolute Gasteiger partial charge is 0.349 e. The Morgan fingerprint density at radius 3 is 2.95 bits per heavy atom. The second kappa shape index (κ2) is 6.78. The van der Waals surface area contributed by atoms with Crippen LogP contribution in [0.25, 0.3) is 0 Å². The van der Waals surface area contributed by atoms with Gasteiger partial charge in [0.15, 0.2) is 0 Å². The summed E-state index contributed by atoms with van der Waals surface area (Å²) >= 11 is 0. The zero-order chi connectivity index (χ0) is 15.3. The van der Waals surface area contributed by atoms with Crippen LogP contribution in [0, 0.1) is 17.3 Å². The number of rotatable bonds is 2. The summed E-state index contributed by atoms with van der Waals surface area (Å²) in [5.74, 6) is 5.77. The molecule has 3 nitrogen and oxygen atoms in total. The summed E-state index contributed by atoms with van der Waals surface area (Å²) in [4.78, 5) is 12.4. The molecule has 3 heteroatoms. The zero-order valence-electron chi connectivity index (χ0n) is 12.9. The quantitative estimate of drug-likeness (QED) is 0.820. The molecule has 0 spiro atoms. The van der Waals surface area contributed by atoms with Gasteiger partial charge in [0.1, 0.15) is 0 Å². The van der Waals surface area contributed by atoms with E-state index in [-0.39, 0.29) is 17.4 Å². The fourth-order valence-corrected chi connectivity index (χ4v) is 2.89. The predicted molar refractivity (Wildman–Crippen MR) is 85.9 cm³/mol. The third-order valence-corrected chi connectivity index (χ3v) is 4.27. The number of hydrogen-bond acceptors (Lipinski definition) is 2. The molecule has 21 heavy (non-hydrogen) atoms. The summed E-state index contributed by atoms with van der Waals surface area (Å²) in [5, 5.41) is 3.20. The highest BCUT2D eigenvalue weighted by molar-refractivity contribution is 5.94. The van der Waals surface area contributed by atoms with E-state index in [2.05, 4.69) is 31.0 Å². The van der Waals surface area contributed by atoms with Gasteiger partial charge >= 0.3 is 0 Å². The van der Waals surface area contributed by atoms with Gasteiger partial charge in [-0.05, 0) is 36.5 Å². The van der Waals surface area contributed by atoms with Crippen molar-refractivity contribution in [2.24, 2.45) is 11.1 Å². The number of hydrogen-bond donors (Lipinski definition) is 2. The first-order valence-electron chi connectivity index (χ1n) is 7.63. The van der Waals surface area contributed by atoms with Gasteiger partial charge in [0, 0.05) is 17.2 Å². The average Bonchev–Trinajstić information content (AvgIpc) is 2.47. The number of nitrogens with one attached hydrogen (secondary N) is 1. The van der Waals surface area contributed by atoms with Crippen LogP contribution in [0.2, 0.25) is 0 Å². The molecule has 1 aliphatic carbocycles. The van der Waals surface area contributed by atoms with Crippen molar-refractivity contribution < 1.29 is 4.79 Å². The normalized spacial score (nSPS) is 20.2. The standard InChI is InChI=1S/C18H24N2O/c1-18(2)11-4-3-10-16(18)20-17(21)15-9-5-7-14(13-15)8-6-12-19/h5,7,9,13,16H,3-4,10-12,19H2,1-2H3,(H,20,21). The molecule has 1 aliphatic rings. The lowest BCUT2D eigenvalue weighted by Crippen LogP contribution is -2.46. The van der Waals surface area contributed by atoms with Gasteiger partial charge in [0.25, 0.3) is 5.91 Å². The molecular formula is C18H24N2O. The summed E-state index contributed by atoms with van der Waals surface area (Å²) in [5.41, 5.74) is 7.04. The molecule has 3 N–H and O–H groups in total. The summed E-state index contributed by atoms with van der Waals surface area (Å²) in [6.45, 7) is 4.80. The lowest BCUT2D eigenvalue weighted by atomic mass is 9.73. The second-order valence-corrected chi connectivity index (χ2v) is 6.35. The van der Waals surface area contributed by atoms with Gasteiger partial charge in [-0.2, -0.15) is 0 Å². The smallest absolute Gasteiger partial charge is 0.251 e. The molecule has 112 valence electrons. The molecule has 1 saturated carbocycles. The number of carbonyl (C=O) groups is 1. The zero-order valence-corrected chi connectivity index (χ0v) is 12.9. The van der Waals surface area contributed by atoms with Crippen LogP contribution in [0.1, 0.15) is 55.5 Å². The minimum absolute atomic E-state index is 0.00799. The summed E-state index contributed by atoms with van der Waals surface area (Å²) in [6.07, 6.45) is 4.67. The molecule has 1 fully saturated rings. The summed E-state index contributed by atoms with van der Waals surface area (Å²) in [7, 11) is 0. The Labute approximate surface area is 127 Å². The maximum atomic E-state index is 12.4. The van der Waals surface area contributed by atoms with Crippen molar-refractivity contribution in [2.75, 3.05) is 6.54 Å². The van der Waals surface area contributed by atoms with E-state index in [1.807, 2.05) is 24.3 Å². The number of carbonyl (C=O) groups excluding carboxylic acids is 1. The van der Waals surface area contributed by atoms with Crippen LogP contribution < -0.4 is 11.1 Å². The monoisotopic (exact) mass is 284 g/mol. The van der Waals surface area contributed by atoms with E-state index in [1.165, 1.54) is 19.3 Å². The second-order valence-electron chi connectivity index (χ2n) is 6.35. The molecule has 1 atom stereocenters. The van der Waals surface area contributed by atoms with Crippen molar-refractivity contribution in [3.8, 4) is 11.8 Å². The van der Waals surface area contributed by atoms with Crippen molar-refractivity contribution in [3.05, 3.63) is 35.4 Å². The Kier molecular flexibility index (Phi) is 5.03. The van der Waals surface area contributed by atoms with Crippen LogP contribution in [0.4, 0.5) is 0 Å². The van der Waals surface area contributed by atoms with Crippen LogP contribution in [0.5, 0.6) is 0 Å². The van der Waals surface area contributed by atoms with Gasteiger partial charge in [-0.3, -0.25) is 4.79 Å². The van der Waals surface area contributed by atoms with Crippen LogP contribution in [0.15, 0.2) is 24.3 Å². The van der Waals surface area contributed by atoms with E-state index in [1.54, 1.807) is 0 Å². The van der Waals surface area contributed by atoms with Crippen LogP contribution in [0.3, 0.4) is 0 Å².